The van der Waals surface area contributed by atoms with Gasteiger partial charge < -0.3 is 15.5 Å². The second-order valence-corrected chi connectivity index (χ2v) is 14.0. The van der Waals surface area contributed by atoms with E-state index < -0.39 is 49.5 Å². The molecule has 1 aliphatic rings. The summed E-state index contributed by atoms with van der Waals surface area (Å²) in [4.78, 5) is 64.0. The first-order valence-electron chi connectivity index (χ1n) is 12.6. The van der Waals surface area contributed by atoms with E-state index in [1.807, 2.05) is 27.7 Å². The van der Waals surface area contributed by atoms with Gasteiger partial charge in [0.15, 0.2) is 0 Å². The minimum atomic E-state index is -4.19. The number of nitrogens with one attached hydrogen (secondary N) is 2. The summed E-state index contributed by atoms with van der Waals surface area (Å²) in [6.07, 6.45) is -0.422. The molecule has 206 valence electrons. The van der Waals surface area contributed by atoms with E-state index >= 15 is 0 Å². The second-order valence-electron chi connectivity index (χ2n) is 10.7. The third kappa shape index (κ3) is 6.90. The van der Waals surface area contributed by atoms with Crippen molar-refractivity contribution >= 4 is 57.7 Å². The molecule has 0 aliphatic carbocycles. The summed E-state index contributed by atoms with van der Waals surface area (Å²) in [5.41, 5.74) is 0.548. The number of likely N-dealkylation sites (N-methyl/N-ethyl adjacent to an activating group) is 1. The van der Waals surface area contributed by atoms with Crippen LogP contribution in [0.2, 0.25) is 0 Å². The van der Waals surface area contributed by atoms with Crippen LogP contribution < -0.4 is 10.6 Å². The highest BCUT2D eigenvalue weighted by molar-refractivity contribution is 9.10. The zero-order valence-corrected chi connectivity index (χ0v) is 24.8. The van der Waals surface area contributed by atoms with Crippen LogP contribution in [0.1, 0.15) is 61.3 Å². The van der Waals surface area contributed by atoms with Crippen LogP contribution in [0, 0.1) is 17.8 Å². The van der Waals surface area contributed by atoms with Gasteiger partial charge in [-0.15, -0.1) is 0 Å². The van der Waals surface area contributed by atoms with Crippen molar-refractivity contribution in [3.05, 3.63) is 45.9 Å². The quantitative estimate of drug-likeness (QED) is 0.257. The lowest BCUT2D eigenvalue weighted by atomic mass is 9.94. The van der Waals surface area contributed by atoms with Gasteiger partial charge in [0.2, 0.25) is 19.2 Å². The minimum absolute atomic E-state index is 0.0226. The number of imide groups is 1. The molecule has 3 N–H and O–H groups in total. The van der Waals surface area contributed by atoms with E-state index in [2.05, 4.69) is 26.6 Å². The van der Waals surface area contributed by atoms with E-state index in [1.54, 1.807) is 30.3 Å². The highest BCUT2D eigenvalue weighted by Crippen LogP contribution is 2.46. The number of rotatable bonds is 11. The molecule has 1 aliphatic heterocycles. The number of amides is 4. The van der Waals surface area contributed by atoms with Crippen LogP contribution in [0.15, 0.2) is 34.8 Å². The van der Waals surface area contributed by atoms with Crippen molar-refractivity contribution < 1.29 is 28.6 Å². The Hall–Kier alpha value is -2.55. The number of hydrogen-bond acceptors (Lipinski definition) is 5. The molecule has 9 nitrogen and oxygen atoms in total. The fraction of sp³-hybridized carbons (Fsp3) is 0.481. The molecular formula is C27H35BrN3O6P. The maximum absolute atomic E-state index is 13.5. The van der Waals surface area contributed by atoms with Crippen molar-refractivity contribution in [1.82, 2.24) is 15.5 Å². The van der Waals surface area contributed by atoms with E-state index in [-0.39, 0.29) is 28.9 Å². The molecule has 1 heterocycles. The van der Waals surface area contributed by atoms with E-state index in [0.717, 1.165) is 4.90 Å². The summed E-state index contributed by atoms with van der Waals surface area (Å²) in [5, 5.41) is 6.51. The zero-order valence-electron chi connectivity index (χ0n) is 22.3. The lowest BCUT2D eigenvalue weighted by Gasteiger charge is -2.30. The molecule has 2 aromatic rings. The van der Waals surface area contributed by atoms with Gasteiger partial charge in [-0.2, -0.15) is 0 Å². The molecule has 0 bridgehead atoms. The number of benzene rings is 2. The molecule has 3 rings (SSSR count). The van der Waals surface area contributed by atoms with Crippen molar-refractivity contribution in [1.29, 1.82) is 0 Å². The Morgan fingerprint density at radius 1 is 1.00 bits per heavy atom. The largest absolute Gasteiger partial charge is 0.357 e. The molecule has 3 atom stereocenters. The van der Waals surface area contributed by atoms with Crippen LogP contribution in [0.5, 0.6) is 0 Å². The fourth-order valence-corrected chi connectivity index (χ4v) is 7.17. The maximum atomic E-state index is 13.5. The molecule has 0 saturated carbocycles. The first kappa shape index (κ1) is 30.0. The predicted octanol–water partition coefficient (Wildman–Crippen LogP) is 4.37. The van der Waals surface area contributed by atoms with Crippen molar-refractivity contribution in [3.8, 4) is 0 Å². The standard InChI is InChI=1S/C27H35BrN3O6P/c1-15(2)9-18(24(32)30-22(10-16(3)4)25(33)29-5)13-38(36,37)14-31-26(34)20-8-6-7-17-11-19(28)12-21(23(17)20)27(31)35/h6-8,11-12,15-16,18,22H,9-10,13-14H2,1-5H3,(H,29,33)(H,30,32)(H,36,37)/t18?,22-/m0/s1. The average molecular weight is 608 g/mol. The summed E-state index contributed by atoms with van der Waals surface area (Å²) in [5.74, 6) is -2.88. The van der Waals surface area contributed by atoms with E-state index in [9.17, 15) is 28.6 Å². The van der Waals surface area contributed by atoms with Gasteiger partial charge in [-0.3, -0.25) is 28.6 Å². The molecule has 0 fully saturated rings. The molecule has 4 amide bonds. The Morgan fingerprint density at radius 3 is 2.24 bits per heavy atom. The van der Waals surface area contributed by atoms with Crippen LogP contribution in [-0.4, -0.2) is 59.0 Å². The van der Waals surface area contributed by atoms with E-state index in [1.165, 1.54) is 7.05 Å². The molecule has 0 radical (unpaired) electrons. The highest BCUT2D eigenvalue weighted by atomic mass is 79.9. The van der Waals surface area contributed by atoms with Crippen molar-refractivity contribution in [2.45, 2.75) is 46.6 Å². The Bertz CT molecular complexity index is 1310. The maximum Gasteiger partial charge on any atom is 0.261 e. The third-order valence-corrected chi connectivity index (χ3v) is 8.67. The topological polar surface area (TPSA) is 133 Å². The lowest BCUT2D eigenvalue weighted by molar-refractivity contribution is -0.131. The summed E-state index contributed by atoms with van der Waals surface area (Å²) >= 11 is 3.39. The first-order chi connectivity index (χ1) is 17.7. The fourth-order valence-electron chi connectivity index (χ4n) is 4.87. The van der Waals surface area contributed by atoms with Gasteiger partial charge in [0.1, 0.15) is 12.3 Å². The van der Waals surface area contributed by atoms with E-state index in [0.29, 0.717) is 28.1 Å². The van der Waals surface area contributed by atoms with Gasteiger partial charge in [0, 0.05) is 40.1 Å². The van der Waals surface area contributed by atoms with Crippen molar-refractivity contribution in [2.24, 2.45) is 17.8 Å². The summed E-state index contributed by atoms with van der Waals surface area (Å²) in [6, 6.07) is 7.70. The smallest absolute Gasteiger partial charge is 0.261 e. The molecule has 2 unspecified atom stereocenters. The zero-order chi connectivity index (χ0) is 28.4. The lowest BCUT2D eigenvalue weighted by Crippen LogP contribution is -2.49. The second kappa shape index (κ2) is 12.1. The normalized spacial score (nSPS) is 16.5. The molecule has 2 aromatic carbocycles. The van der Waals surface area contributed by atoms with Gasteiger partial charge in [0.05, 0.1) is 0 Å². The Morgan fingerprint density at radius 2 is 1.63 bits per heavy atom. The Balaban J connectivity index is 1.85. The summed E-state index contributed by atoms with van der Waals surface area (Å²) in [6.45, 7) is 7.64. The Kier molecular flexibility index (Phi) is 9.55. The molecule has 0 aromatic heterocycles. The SMILES string of the molecule is CNC(=O)[C@H](CC(C)C)NC(=O)C(CC(C)C)CP(=O)(O)CN1C(=O)c2cccc3cc(Br)cc(c23)C1=O. The van der Waals surface area contributed by atoms with Gasteiger partial charge in [-0.1, -0.05) is 55.8 Å². The number of carbonyl (C=O) groups is 4. The first-order valence-corrected chi connectivity index (χ1v) is 15.5. The number of nitrogens with zero attached hydrogens (tertiary/aromatic N) is 1. The average Bonchev–Trinajstić information content (AvgIpc) is 2.82. The molecule has 0 spiro atoms. The monoisotopic (exact) mass is 607 g/mol. The number of hydrogen-bond donors (Lipinski definition) is 3. The van der Waals surface area contributed by atoms with Crippen molar-refractivity contribution in [3.63, 3.8) is 0 Å². The van der Waals surface area contributed by atoms with Crippen LogP contribution in [0.3, 0.4) is 0 Å². The molecular weight excluding hydrogens is 573 g/mol. The summed E-state index contributed by atoms with van der Waals surface area (Å²) in [7, 11) is -2.71. The van der Waals surface area contributed by atoms with Crippen LogP contribution >= 0.6 is 23.3 Å². The van der Waals surface area contributed by atoms with Gasteiger partial charge in [-0.25, -0.2) is 0 Å². The third-order valence-electron chi connectivity index (χ3n) is 6.47. The molecule has 11 heteroatoms. The molecule has 0 saturated heterocycles. The van der Waals surface area contributed by atoms with Gasteiger partial charge in [-0.05, 0) is 48.3 Å². The van der Waals surface area contributed by atoms with Crippen LogP contribution in [0.4, 0.5) is 0 Å². The van der Waals surface area contributed by atoms with Crippen LogP contribution in [-0.2, 0) is 14.2 Å². The molecule has 38 heavy (non-hydrogen) atoms. The predicted molar refractivity (Wildman–Crippen MR) is 150 cm³/mol. The van der Waals surface area contributed by atoms with Gasteiger partial charge >= 0.3 is 0 Å². The number of halogens is 1. The number of carbonyl (C=O) groups excluding carboxylic acids is 4. The van der Waals surface area contributed by atoms with Gasteiger partial charge in [0.25, 0.3) is 11.8 Å². The van der Waals surface area contributed by atoms with Crippen LogP contribution in [0.25, 0.3) is 10.8 Å². The highest BCUT2D eigenvalue weighted by Gasteiger charge is 2.39. The van der Waals surface area contributed by atoms with Crippen molar-refractivity contribution in [2.75, 3.05) is 19.5 Å². The summed E-state index contributed by atoms with van der Waals surface area (Å²) < 4.78 is 14.1. The minimum Gasteiger partial charge on any atom is -0.357 e. The Labute approximate surface area is 231 Å². The van der Waals surface area contributed by atoms with E-state index in [4.69, 9.17) is 0 Å².